The number of nitrogens with two attached hydrogens (primary N) is 1. The van der Waals surface area contributed by atoms with E-state index in [1.54, 1.807) is 6.07 Å². The van der Waals surface area contributed by atoms with E-state index in [1.165, 1.54) is 7.11 Å². The van der Waals surface area contributed by atoms with Crippen LogP contribution >= 0.6 is 0 Å². The number of methoxy groups -OCH3 is 1. The van der Waals surface area contributed by atoms with E-state index >= 15 is 0 Å². The molecule has 1 aliphatic rings. The first kappa shape index (κ1) is 21.0. The number of benzene rings is 2. The van der Waals surface area contributed by atoms with Crippen LogP contribution in [0, 0.1) is 0 Å². The largest absolute Gasteiger partial charge is 0.494 e. The van der Waals surface area contributed by atoms with Gasteiger partial charge in [0.25, 0.3) is 0 Å². The van der Waals surface area contributed by atoms with E-state index in [1.807, 2.05) is 25.1 Å². The lowest BCUT2D eigenvalue weighted by atomic mass is 10.0. The Balaban J connectivity index is 2.05. The lowest BCUT2D eigenvalue weighted by Crippen LogP contribution is -2.28. The van der Waals surface area contributed by atoms with Crippen molar-refractivity contribution < 1.29 is 19.0 Å². The SMILES string of the molecule is CCCOc1cc(OC)c(N)c2c1-c1c(OCCN(CC)CC)cccc1C2=O. The fourth-order valence-corrected chi connectivity index (χ4v) is 3.69. The third kappa shape index (κ3) is 3.90. The van der Waals surface area contributed by atoms with Crippen LogP contribution in [0.25, 0.3) is 11.1 Å². The summed E-state index contributed by atoms with van der Waals surface area (Å²) in [5, 5.41) is 0. The predicted molar refractivity (Wildman–Crippen MR) is 115 cm³/mol. The molecular weight excluding hydrogens is 368 g/mol. The van der Waals surface area contributed by atoms with E-state index in [4.69, 9.17) is 19.9 Å². The van der Waals surface area contributed by atoms with Crippen LogP contribution in [0.4, 0.5) is 5.69 Å². The molecule has 0 spiro atoms. The molecule has 3 rings (SSSR count). The molecule has 0 aromatic heterocycles. The molecule has 0 saturated heterocycles. The van der Waals surface area contributed by atoms with Crippen LogP contribution < -0.4 is 19.9 Å². The maximum absolute atomic E-state index is 13.2. The molecule has 2 aromatic rings. The molecule has 0 amide bonds. The lowest BCUT2D eigenvalue weighted by molar-refractivity contribution is 0.104. The average molecular weight is 399 g/mol. The molecule has 0 atom stereocenters. The van der Waals surface area contributed by atoms with Gasteiger partial charge >= 0.3 is 0 Å². The molecule has 0 radical (unpaired) electrons. The van der Waals surface area contributed by atoms with Gasteiger partial charge in [-0.1, -0.05) is 32.9 Å². The van der Waals surface area contributed by atoms with Gasteiger partial charge in [0.05, 0.1) is 25.0 Å². The summed E-state index contributed by atoms with van der Waals surface area (Å²) in [5.41, 5.74) is 9.11. The highest BCUT2D eigenvalue weighted by Gasteiger charge is 2.36. The number of ketones is 1. The van der Waals surface area contributed by atoms with Gasteiger partial charge in [-0.05, 0) is 25.6 Å². The third-order valence-corrected chi connectivity index (χ3v) is 5.28. The summed E-state index contributed by atoms with van der Waals surface area (Å²) < 4.78 is 17.5. The fraction of sp³-hybridized carbons (Fsp3) is 0.435. The molecule has 156 valence electrons. The zero-order valence-electron chi connectivity index (χ0n) is 17.7. The average Bonchev–Trinajstić information content (AvgIpc) is 3.05. The number of carbonyl (C=O) groups excluding carboxylic acids is 1. The molecular formula is C23H30N2O4. The summed E-state index contributed by atoms with van der Waals surface area (Å²) in [4.78, 5) is 15.5. The van der Waals surface area contributed by atoms with E-state index in [0.717, 1.165) is 31.6 Å². The Morgan fingerprint density at radius 1 is 0.931 bits per heavy atom. The van der Waals surface area contributed by atoms with E-state index in [-0.39, 0.29) is 5.78 Å². The molecule has 0 aliphatic heterocycles. The first-order valence-electron chi connectivity index (χ1n) is 10.2. The normalized spacial score (nSPS) is 12.1. The van der Waals surface area contributed by atoms with Gasteiger partial charge in [0.2, 0.25) is 0 Å². The van der Waals surface area contributed by atoms with Gasteiger partial charge in [-0.2, -0.15) is 0 Å². The number of likely N-dealkylation sites (N-methyl/N-ethyl adjacent to an activating group) is 1. The van der Waals surface area contributed by atoms with E-state index in [0.29, 0.717) is 52.8 Å². The van der Waals surface area contributed by atoms with Crippen molar-refractivity contribution in [1.82, 2.24) is 4.90 Å². The first-order chi connectivity index (χ1) is 14.1. The van der Waals surface area contributed by atoms with Crippen LogP contribution in [0.15, 0.2) is 24.3 Å². The van der Waals surface area contributed by atoms with Gasteiger partial charge < -0.3 is 24.8 Å². The number of hydrogen-bond acceptors (Lipinski definition) is 6. The van der Waals surface area contributed by atoms with Crippen LogP contribution in [-0.4, -0.2) is 50.6 Å². The van der Waals surface area contributed by atoms with Crippen LogP contribution in [0.5, 0.6) is 17.2 Å². The smallest absolute Gasteiger partial charge is 0.196 e. The minimum absolute atomic E-state index is 0.123. The first-order valence-corrected chi connectivity index (χ1v) is 10.2. The number of carbonyl (C=O) groups is 1. The van der Waals surface area contributed by atoms with E-state index < -0.39 is 0 Å². The van der Waals surface area contributed by atoms with Crippen molar-refractivity contribution in [3.63, 3.8) is 0 Å². The summed E-state index contributed by atoms with van der Waals surface area (Å²) in [7, 11) is 1.54. The fourth-order valence-electron chi connectivity index (χ4n) is 3.69. The van der Waals surface area contributed by atoms with Crippen molar-refractivity contribution in [1.29, 1.82) is 0 Å². The molecule has 1 aliphatic carbocycles. The number of anilines is 1. The summed E-state index contributed by atoms with van der Waals surface area (Å²) in [5.74, 6) is 1.59. The van der Waals surface area contributed by atoms with Crippen molar-refractivity contribution in [2.24, 2.45) is 0 Å². The van der Waals surface area contributed by atoms with Crippen LogP contribution in [-0.2, 0) is 0 Å². The van der Waals surface area contributed by atoms with Gasteiger partial charge in [-0.3, -0.25) is 4.79 Å². The summed E-state index contributed by atoms with van der Waals surface area (Å²) in [6.45, 7) is 10.1. The van der Waals surface area contributed by atoms with Crippen LogP contribution in [0.2, 0.25) is 0 Å². The highest BCUT2D eigenvalue weighted by Crippen LogP contribution is 2.51. The Morgan fingerprint density at radius 2 is 1.66 bits per heavy atom. The summed E-state index contributed by atoms with van der Waals surface area (Å²) >= 11 is 0. The lowest BCUT2D eigenvalue weighted by Gasteiger charge is -2.19. The van der Waals surface area contributed by atoms with Crippen molar-refractivity contribution in [3.05, 3.63) is 35.4 Å². The van der Waals surface area contributed by atoms with Crippen molar-refractivity contribution in [2.45, 2.75) is 27.2 Å². The number of nitrogen functional groups attached to an aromatic ring is 1. The zero-order chi connectivity index (χ0) is 21.0. The monoisotopic (exact) mass is 398 g/mol. The highest BCUT2D eigenvalue weighted by atomic mass is 16.5. The van der Waals surface area contributed by atoms with Crippen molar-refractivity contribution in [2.75, 3.05) is 45.7 Å². The van der Waals surface area contributed by atoms with Crippen molar-refractivity contribution >= 4 is 11.5 Å². The number of hydrogen-bond donors (Lipinski definition) is 1. The Kier molecular flexibility index (Phi) is 6.64. The van der Waals surface area contributed by atoms with Gasteiger partial charge in [0.1, 0.15) is 23.9 Å². The number of rotatable bonds is 10. The van der Waals surface area contributed by atoms with Crippen LogP contribution in [0.1, 0.15) is 43.1 Å². The van der Waals surface area contributed by atoms with Gasteiger partial charge in [-0.25, -0.2) is 0 Å². The Hall–Kier alpha value is -2.73. The molecule has 0 fully saturated rings. The number of ether oxygens (including phenoxy) is 3. The Morgan fingerprint density at radius 3 is 2.31 bits per heavy atom. The second kappa shape index (κ2) is 9.18. The molecule has 0 saturated carbocycles. The highest BCUT2D eigenvalue weighted by molar-refractivity contribution is 6.26. The quantitative estimate of drug-likeness (QED) is 0.521. The molecule has 6 heteroatoms. The van der Waals surface area contributed by atoms with Gasteiger partial charge in [0.15, 0.2) is 5.78 Å². The van der Waals surface area contributed by atoms with E-state index in [2.05, 4.69) is 18.7 Å². The maximum Gasteiger partial charge on any atom is 0.196 e. The molecule has 2 aromatic carbocycles. The van der Waals surface area contributed by atoms with Crippen LogP contribution in [0.3, 0.4) is 0 Å². The Bertz CT molecular complexity index is 891. The molecule has 6 nitrogen and oxygen atoms in total. The second-order valence-electron chi connectivity index (χ2n) is 6.97. The van der Waals surface area contributed by atoms with E-state index in [9.17, 15) is 4.79 Å². The molecule has 29 heavy (non-hydrogen) atoms. The number of fused-ring (bicyclic) bond motifs is 3. The second-order valence-corrected chi connectivity index (χ2v) is 6.97. The minimum atomic E-state index is -0.123. The zero-order valence-corrected chi connectivity index (χ0v) is 17.7. The molecule has 0 unspecified atom stereocenters. The minimum Gasteiger partial charge on any atom is -0.494 e. The van der Waals surface area contributed by atoms with Gasteiger partial charge in [0, 0.05) is 29.3 Å². The summed E-state index contributed by atoms with van der Waals surface area (Å²) in [6.07, 6.45) is 0.851. The molecule has 0 bridgehead atoms. The van der Waals surface area contributed by atoms with Gasteiger partial charge in [-0.15, -0.1) is 0 Å². The Labute approximate surface area is 172 Å². The number of nitrogens with zero attached hydrogens (tertiary/aromatic N) is 1. The summed E-state index contributed by atoms with van der Waals surface area (Å²) in [6, 6.07) is 7.31. The molecule has 0 heterocycles. The molecule has 2 N–H and O–H groups in total. The van der Waals surface area contributed by atoms with Crippen molar-refractivity contribution in [3.8, 4) is 28.4 Å². The maximum atomic E-state index is 13.2. The predicted octanol–water partition coefficient (Wildman–Crippen LogP) is 4.00. The third-order valence-electron chi connectivity index (χ3n) is 5.28. The topological polar surface area (TPSA) is 74.0 Å². The standard InChI is InChI=1S/C23H30N2O4/c1-5-12-28-17-14-18(27-4)22(24)21-20(17)19-15(23(21)26)9-8-10-16(19)29-13-11-25(6-2)7-3/h8-10,14H,5-7,11-13,24H2,1-4H3.